The minimum atomic E-state index is -1.21. The molecule has 4 heteroatoms. The van der Waals surface area contributed by atoms with Crippen molar-refractivity contribution >= 4 is 17.6 Å². The summed E-state index contributed by atoms with van der Waals surface area (Å²) in [5, 5.41) is 9.20. The molecule has 2 atom stereocenters. The molecular formula is C13H15ClO3. The Kier molecular flexibility index (Phi) is 3.04. The first-order valence-corrected chi connectivity index (χ1v) is 6.00. The van der Waals surface area contributed by atoms with Crippen molar-refractivity contribution in [3.05, 3.63) is 29.8 Å². The molecule has 3 nitrogen and oxygen atoms in total. The Labute approximate surface area is 105 Å². The molecule has 1 saturated carbocycles. The van der Waals surface area contributed by atoms with Gasteiger partial charge in [-0.05, 0) is 38.0 Å². The highest BCUT2D eigenvalue weighted by molar-refractivity contribution is 6.23. The SMILES string of the molecule is CC(C)(Oc1ccc([C@H]2C[C@H]2Cl)cc1)C(=O)O. The summed E-state index contributed by atoms with van der Waals surface area (Å²) in [6, 6.07) is 7.48. The Morgan fingerprint density at radius 1 is 1.41 bits per heavy atom. The first-order valence-electron chi connectivity index (χ1n) is 5.56. The van der Waals surface area contributed by atoms with Crippen molar-refractivity contribution < 1.29 is 14.6 Å². The molecule has 92 valence electrons. The molecule has 17 heavy (non-hydrogen) atoms. The molecule has 1 aliphatic carbocycles. The maximum atomic E-state index is 10.9. The number of alkyl halides is 1. The van der Waals surface area contributed by atoms with Crippen LogP contribution in [0.3, 0.4) is 0 Å². The van der Waals surface area contributed by atoms with E-state index in [9.17, 15) is 4.79 Å². The average molecular weight is 255 g/mol. The molecule has 1 aromatic rings. The van der Waals surface area contributed by atoms with Crippen LogP contribution in [0.2, 0.25) is 0 Å². The van der Waals surface area contributed by atoms with Crippen molar-refractivity contribution in [3.63, 3.8) is 0 Å². The van der Waals surface area contributed by atoms with Gasteiger partial charge in [-0.1, -0.05) is 12.1 Å². The quantitative estimate of drug-likeness (QED) is 0.840. The van der Waals surface area contributed by atoms with Gasteiger partial charge in [-0.25, -0.2) is 4.79 Å². The first kappa shape index (κ1) is 12.2. The number of halogens is 1. The van der Waals surface area contributed by atoms with E-state index in [0.29, 0.717) is 11.7 Å². The van der Waals surface area contributed by atoms with Gasteiger partial charge in [0.25, 0.3) is 0 Å². The second-order valence-corrected chi connectivity index (χ2v) is 5.41. The minimum Gasteiger partial charge on any atom is -0.478 e. The summed E-state index contributed by atoms with van der Waals surface area (Å²) in [5.41, 5.74) is -0.0266. The van der Waals surface area contributed by atoms with Gasteiger partial charge >= 0.3 is 5.97 Å². The van der Waals surface area contributed by atoms with Crippen LogP contribution in [0.1, 0.15) is 31.7 Å². The number of carbonyl (C=O) groups is 1. The van der Waals surface area contributed by atoms with E-state index in [-0.39, 0.29) is 5.38 Å². The van der Waals surface area contributed by atoms with Crippen LogP contribution in [0.25, 0.3) is 0 Å². The largest absolute Gasteiger partial charge is 0.478 e. The highest BCUT2D eigenvalue weighted by Crippen LogP contribution is 2.45. The van der Waals surface area contributed by atoms with E-state index in [0.717, 1.165) is 6.42 Å². The van der Waals surface area contributed by atoms with Gasteiger partial charge in [-0.2, -0.15) is 0 Å². The van der Waals surface area contributed by atoms with Crippen molar-refractivity contribution in [2.45, 2.75) is 37.2 Å². The Morgan fingerprint density at radius 3 is 2.35 bits per heavy atom. The van der Waals surface area contributed by atoms with Crippen molar-refractivity contribution in [2.75, 3.05) is 0 Å². The van der Waals surface area contributed by atoms with E-state index in [2.05, 4.69) is 0 Å². The summed E-state index contributed by atoms with van der Waals surface area (Å²) < 4.78 is 5.41. The Morgan fingerprint density at radius 2 is 1.94 bits per heavy atom. The number of rotatable bonds is 4. The van der Waals surface area contributed by atoms with Gasteiger partial charge in [0.1, 0.15) is 5.75 Å². The van der Waals surface area contributed by atoms with E-state index in [1.807, 2.05) is 12.1 Å². The summed E-state index contributed by atoms with van der Waals surface area (Å²) in [5.74, 6) is 0.0238. The van der Waals surface area contributed by atoms with Gasteiger partial charge in [0.05, 0.1) is 0 Å². The number of ether oxygens (including phenoxy) is 1. The molecule has 0 aliphatic heterocycles. The topological polar surface area (TPSA) is 46.5 Å². The monoisotopic (exact) mass is 254 g/mol. The highest BCUT2D eigenvalue weighted by atomic mass is 35.5. The molecule has 0 saturated heterocycles. The third-order valence-corrected chi connectivity index (χ3v) is 3.39. The lowest BCUT2D eigenvalue weighted by atomic mass is 10.1. The standard InChI is InChI=1S/C13H15ClO3/c1-13(2,12(15)16)17-9-5-3-8(4-6-9)10-7-11(10)14/h3-6,10-11H,7H2,1-2H3,(H,15,16)/t10-,11-/m1/s1. The molecule has 0 spiro atoms. The van der Waals surface area contributed by atoms with E-state index in [4.69, 9.17) is 21.4 Å². The lowest BCUT2D eigenvalue weighted by molar-refractivity contribution is -0.152. The number of hydrogen-bond acceptors (Lipinski definition) is 2. The number of benzene rings is 1. The summed E-state index contributed by atoms with van der Waals surface area (Å²) in [6.07, 6.45) is 1.02. The molecule has 1 aliphatic rings. The summed E-state index contributed by atoms with van der Waals surface area (Å²) in [6.45, 7) is 3.05. The summed E-state index contributed by atoms with van der Waals surface area (Å²) >= 11 is 5.97. The zero-order valence-corrected chi connectivity index (χ0v) is 10.6. The molecule has 1 aromatic carbocycles. The van der Waals surface area contributed by atoms with Gasteiger partial charge in [0.15, 0.2) is 5.60 Å². The van der Waals surface area contributed by atoms with Crippen LogP contribution < -0.4 is 4.74 Å². The zero-order chi connectivity index (χ0) is 12.6. The maximum absolute atomic E-state index is 10.9. The molecule has 0 unspecified atom stereocenters. The summed E-state index contributed by atoms with van der Waals surface area (Å²) in [4.78, 5) is 10.9. The Hall–Kier alpha value is -1.22. The van der Waals surface area contributed by atoms with Gasteiger partial charge < -0.3 is 9.84 Å². The first-order chi connectivity index (χ1) is 7.90. The van der Waals surface area contributed by atoms with Gasteiger partial charge in [0, 0.05) is 11.3 Å². The van der Waals surface area contributed by atoms with Crippen LogP contribution in [-0.2, 0) is 4.79 Å². The minimum absolute atomic E-state index is 0.247. The molecule has 0 aromatic heterocycles. The molecule has 0 heterocycles. The predicted molar refractivity (Wildman–Crippen MR) is 65.8 cm³/mol. The maximum Gasteiger partial charge on any atom is 0.347 e. The fourth-order valence-electron chi connectivity index (χ4n) is 1.63. The molecule has 1 fully saturated rings. The molecular weight excluding hydrogens is 240 g/mol. The van der Waals surface area contributed by atoms with E-state index < -0.39 is 11.6 Å². The van der Waals surface area contributed by atoms with Crippen LogP contribution in [0.15, 0.2) is 24.3 Å². The Bertz CT molecular complexity index is 425. The van der Waals surface area contributed by atoms with Crippen molar-refractivity contribution in [1.29, 1.82) is 0 Å². The number of carboxylic acid groups (broad SMARTS) is 1. The zero-order valence-electron chi connectivity index (χ0n) is 9.81. The fourth-order valence-corrected chi connectivity index (χ4v) is 1.97. The fraction of sp³-hybridized carbons (Fsp3) is 0.462. The van der Waals surface area contributed by atoms with Crippen molar-refractivity contribution in [3.8, 4) is 5.75 Å². The van der Waals surface area contributed by atoms with E-state index in [1.165, 1.54) is 19.4 Å². The summed E-state index contributed by atoms with van der Waals surface area (Å²) in [7, 11) is 0. The average Bonchev–Trinajstić information content (AvgIpc) is 2.96. The van der Waals surface area contributed by atoms with Crippen molar-refractivity contribution in [2.24, 2.45) is 0 Å². The van der Waals surface area contributed by atoms with Crippen LogP contribution in [0.4, 0.5) is 0 Å². The third-order valence-electron chi connectivity index (χ3n) is 2.91. The van der Waals surface area contributed by atoms with Gasteiger partial charge in [0.2, 0.25) is 0 Å². The van der Waals surface area contributed by atoms with Crippen LogP contribution in [-0.4, -0.2) is 22.1 Å². The second kappa shape index (κ2) is 4.22. The highest BCUT2D eigenvalue weighted by Gasteiger charge is 2.36. The predicted octanol–water partition coefficient (Wildman–Crippen LogP) is 3.02. The van der Waals surface area contributed by atoms with Crippen LogP contribution in [0, 0.1) is 0 Å². The van der Waals surface area contributed by atoms with Gasteiger partial charge in [-0.3, -0.25) is 0 Å². The second-order valence-electron chi connectivity index (χ2n) is 4.84. The van der Waals surface area contributed by atoms with E-state index >= 15 is 0 Å². The van der Waals surface area contributed by atoms with Crippen molar-refractivity contribution in [1.82, 2.24) is 0 Å². The molecule has 0 amide bonds. The molecule has 0 bridgehead atoms. The van der Waals surface area contributed by atoms with Gasteiger partial charge in [-0.15, -0.1) is 11.6 Å². The lowest BCUT2D eigenvalue weighted by Gasteiger charge is -2.21. The molecule has 2 rings (SSSR count). The van der Waals surface area contributed by atoms with E-state index in [1.54, 1.807) is 12.1 Å². The lowest BCUT2D eigenvalue weighted by Crippen LogP contribution is -2.37. The number of aliphatic carboxylic acids is 1. The third kappa shape index (κ3) is 2.72. The smallest absolute Gasteiger partial charge is 0.347 e. The molecule has 0 radical (unpaired) electrons. The van der Waals surface area contributed by atoms with Crippen LogP contribution in [0.5, 0.6) is 5.75 Å². The normalized spacial score (nSPS) is 23.2. The molecule has 1 N–H and O–H groups in total. The number of hydrogen-bond donors (Lipinski definition) is 1. The van der Waals surface area contributed by atoms with Crippen LogP contribution >= 0.6 is 11.6 Å². The Balaban J connectivity index is 2.06. The number of carboxylic acids is 1.